The predicted octanol–water partition coefficient (Wildman–Crippen LogP) is 3.60. The van der Waals surface area contributed by atoms with E-state index in [9.17, 15) is 4.79 Å². The second-order valence-electron chi connectivity index (χ2n) is 6.57. The van der Waals surface area contributed by atoms with Crippen LogP contribution in [-0.4, -0.2) is 37.2 Å². The van der Waals surface area contributed by atoms with Gasteiger partial charge in [-0.15, -0.1) is 36.2 Å². The van der Waals surface area contributed by atoms with Crippen LogP contribution >= 0.6 is 36.2 Å². The number of carbonyl (C=O) groups is 1. The minimum atomic E-state index is 0. The number of thiazole rings is 1. The highest BCUT2D eigenvalue weighted by Crippen LogP contribution is 2.33. The van der Waals surface area contributed by atoms with Crippen molar-refractivity contribution >= 4 is 42.1 Å². The smallest absolute Gasteiger partial charge is 0.226 e. The Hall–Kier alpha value is -1.54. The number of nitrogens with two attached hydrogens (primary N) is 1. The lowest BCUT2D eigenvalue weighted by Gasteiger charge is -2.26. The van der Waals surface area contributed by atoms with Crippen LogP contribution in [0.1, 0.15) is 31.4 Å². The predicted molar refractivity (Wildman–Crippen MR) is 117 cm³/mol. The molecule has 0 atom stereocenters. The Kier molecular flexibility index (Phi) is 10.0. The molecule has 0 spiro atoms. The van der Waals surface area contributed by atoms with Crippen LogP contribution in [0.5, 0.6) is 11.5 Å². The summed E-state index contributed by atoms with van der Waals surface area (Å²) < 4.78 is 10.6. The number of nitrogens with zero attached hydrogens (tertiary/aromatic N) is 1. The van der Waals surface area contributed by atoms with Gasteiger partial charge in [0.15, 0.2) is 11.5 Å². The molecule has 3 N–H and O–H groups in total. The summed E-state index contributed by atoms with van der Waals surface area (Å²) in [6.07, 6.45) is 4.17. The first-order valence-corrected chi connectivity index (χ1v) is 9.68. The average molecular weight is 448 g/mol. The molecule has 1 aliphatic carbocycles. The van der Waals surface area contributed by atoms with Crippen molar-refractivity contribution < 1.29 is 14.3 Å². The molecule has 1 aromatic heterocycles. The van der Waals surface area contributed by atoms with Crippen LogP contribution in [0.4, 0.5) is 0 Å². The Balaban J connectivity index is 0.00000196. The highest BCUT2D eigenvalue weighted by atomic mass is 35.5. The van der Waals surface area contributed by atoms with Gasteiger partial charge in [-0.1, -0.05) is 0 Å². The summed E-state index contributed by atoms with van der Waals surface area (Å²) in [4.78, 5) is 16.9. The molecule has 6 nitrogen and oxygen atoms in total. The molecular weight excluding hydrogens is 421 g/mol. The Morgan fingerprint density at radius 1 is 1.18 bits per heavy atom. The lowest BCUT2D eigenvalue weighted by molar-refractivity contribution is -0.121. The Bertz CT molecular complexity index is 765. The first kappa shape index (κ1) is 24.5. The maximum absolute atomic E-state index is 12.3. The van der Waals surface area contributed by atoms with Gasteiger partial charge in [0.1, 0.15) is 5.01 Å². The third-order valence-corrected chi connectivity index (χ3v) is 5.60. The molecule has 1 amide bonds. The topological polar surface area (TPSA) is 86.5 Å². The van der Waals surface area contributed by atoms with E-state index in [2.05, 4.69) is 10.3 Å². The number of halogens is 2. The van der Waals surface area contributed by atoms with Crippen LogP contribution in [0.3, 0.4) is 0 Å². The zero-order valence-electron chi connectivity index (χ0n) is 16.0. The van der Waals surface area contributed by atoms with Crippen molar-refractivity contribution in [3.63, 3.8) is 0 Å². The summed E-state index contributed by atoms with van der Waals surface area (Å²) in [5.41, 5.74) is 7.64. The van der Waals surface area contributed by atoms with Gasteiger partial charge < -0.3 is 20.5 Å². The van der Waals surface area contributed by atoms with E-state index in [4.69, 9.17) is 15.2 Å². The molecule has 1 aliphatic rings. The SMILES string of the molecule is COc1ccc(-c2nc(CC(=O)NC3CCC(N)CC3)cs2)cc1OC.Cl.Cl. The number of carbonyl (C=O) groups excluding carboxylic acids is 1. The van der Waals surface area contributed by atoms with E-state index in [1.807, 2.05) is 23.6 Å². The van der Waals surface area contributed by atoms with Crippen molar-refractivity contribution in [2.75, 3.05) is 14.2 Å². The minimum Gasteiger partial charge on any atom is -0.493 e. The van der Waals surface area contributed by atoms with E-state index in [-0.39, 0.29) is 42.8 Å². The van der Waals surface area contributed by atoms with Gasteiger partial charge in [-0.05, 0) is 43.9 Å². The molecule has 1 aromatic carbocycles. The van der Waals surface area contributed by atoms with Crippen molar-refractivity contribution in [2.24, 2.45) is 5.73 Å². The van der Waals surface area contributed by atoms with Crippen LogP contribution in [0.25, 0.3) is 10.6 Å². The zero-order chi connectivity index (χ0) is 18.5. The van der Waals surface area contributed by atoms with E-state index in [1.165, 1.54) is 11.3 Å². The van der Waals surface area contributed by atoms with Crippen LogP contribution < -0.4 is 20.5 Å². The van der Waals surface area contributed by atoms with E-state index in [0.717, 1.165) is 41.9 Å². The van der Waals surface area contributed by atoms with Crippen molar-refractivity contribution in [3.05, 3.63) is 29.3 Å². The maximum atomic E-state index is 12.3. The van der Waals surface area contributed by atoms with Crippen LogP contribution in [0.2, 0.25) is 0 Å². The lowest BCUT2D eigenvalue weighted by atomic mass is 9.92. The summed E-state index contributed by atoms with van der Waals surface area (Å²) in [5, 5.41) is 5.90. The first-order valence-electron chi connectivity index (χ1n) is 8.80. The molecule has 3 rings (SSSR count). The van der Waals surface area contributed by atoms with E-state index in [0.29, 0.717) is 17.9 Å². The summed E-state index contributed by atoms with van der Waals surface area (Å²) in [6, 6.07) is 6.22. The monoisotopic (exact) mass is 447 g/mol. The van der Waals surface area contributed by atoms with Gasteiger partial charge in [0.25, 0.3) is 0 Å². The highest BCUT2D eigenvalue weighted by molar-refractivity contribution is 7.13. The second kappa shape index (κ2) is 11.5. The number of methoxy groups -OCH3 is 2. The molecule has 1 fully saturated rings. The van der Waals surface area contributed by atoms with Crippen LogP contribution in [0.15, 0.2) is 23.6 Å². The fraction of sp³-hybridized carbons (Fsp3) is 0.474. The van der Waals surface area contributed by atoms with E-state index >= 15 is 0 Å². The molecule has 1 saturated carbocycles. The van der Waals surface area contributed by atoms with E-state index < -0.39 is 0 Å². The largest absolute Gasteiger partial charge is 0.493 e. The third kappa shape index (κ3) is 6.24. The van der Waals surface area contributed by atoms with Gasteiger partial charge in [-0.2, -0.15) is 0 Å². The maximum Gasteiger partial charge on any atom is 0.226 e. The fourth-order valence-corrected chi connectivity index (χ4v) is 4.01. The van der Waals surface area contributed by atoms with Crippen molar-refractivity contribution in [2.45, 2.75) is 44.2 Å². The summed E-state index contributed by atoms with van der Waals surface area (Å²) >= 11 is 1.52. The summed E-state index contributed by atoms with van der Waals surface area (Å²) in [6.45, 7) is 0. The first-order chi connectivity index (χ1) is 12.6. The molecular formula is C19H27Cl2N3O3S. The molecule has 9 heteroatoms. The van der Waals surface area contributed by atoms with Crippen LogP contribution in [-0.2, 0) is 11.2 Å². The number of rotatable bonds is 6. The number of aromatic nitrogens is 1. The molecule has 0 unspecified atom stereocenters. The van der Waals surface area contributed by atoms with Crippen molar-refractivity contribution in [1.82, 2.24) is 10.3 Å². The molecule has 2 aromatic rings. The number of hydrogen-bond donors (Lipinski definition) is 2. The number of benzene rings is 1. The number of nitrogens with one attached hydrogen (secondary N) is 1. The number of ether oxygens (including phenoxy) is 2. The van der Waals surface area contributed by atoms with Crippen LogP contribution in [0, 0.1) is 0 Å². The number of amides is 1. The Morgan fingerprint density at radius 3 is 2.50 bits per heavy atom. The zero-order valence-corrected chi connectivity index (χ0v) is 18.4. The Labute approximate surface area is 182 Å². The van der Waals surface area contributed by atoms with Gasteiger partial charge in [-0.3, -0.25) is 4.79 Å². The standard InChI is InChI=1S/C19H25N3O3S.2ClH/c1-24-16-8-3-12(9-17(16)25-2)19-22-15(11-26-19)10-18(23)21-14-6-4-13(20)5-7-14;;/h3,8-9,11,13-14H,4-7,10,20H2,1-2H3,(H,21,23);2*1H. The third-order valence-electron chi connectivity index (χ3n) is 4.66. The normalized spacial score (nSPS) is 18.4. The molecule has 0 bridgehead atoms. The number of hydrogen-bond acceptors (Lipinski definition) is 6. The molecule has 1 heterocycles. The van der Waals surface area contributed by atoms with Gasteiger partial charge in [0.05, 0.1) is 26.3 Å². The van der Waals surface area contributed by atoms with Gasteiger partial charge in [0, 0.05) is 23.0 Å². The molecule has 0 aliphatic heterocycles. The fourth-order valence-electron chi connectivity index (χ4n) is 3.20. The molecule has 0 radical (unpaired) electrons. The molecule has 28 heavy (non-hydrogen) atoms. The molecule has 0 saturated heterocycles. The van der Waals surface area contributed by atoms with Gasteiger partial charge in [0.2, 0.25) is 5.91 Å². The summed E-state index contributed by atoms with van der Waals surface area (Å²) in [5.74, 6) is 1.37. The van der Waals surface area contributed by atoms with E-state index in [1.54, 1.807) is 14.2 Å². The van der Waals surface area contributed by atoms with Gasteiger partial charge >= 0.3 is 0 Å². The Morgan fingerprint density at radius 2 is 1.86 bits per heavy atom. The van der Waals surface area contributed by atoms with Crippen molar-refractivity contribution in [3.8, 4) is 22.1 Å². The summed E-state index contributed by atoms with van der Waals surface area (Å²) in [7, 11) is 3.22. The highest BCUT2D eigenvalue weighted by Gasteiger charge is 2.20. The average Bonchev–Trinajstić information content (AvgIpc) is 3.11. The second-order valence-corrected chi connectivity index (χ2v) is 7.43. The minimum absolute atomic E-state index is 0. The van der Waals surface area contributed by atoms with Crippen molar-refractivity contribution in [1.29, 1.82) is 0 Å². The van der Waals surface area contributed by atoms with Gasteiger partial charge in [-0.25, -0.2) is 4.98 Å². The quantitative estimate of drug-likeness (QED) is 0.705. The lowest BCUT2D eigenvalue weighted by Crippen LogP contribution is -2.41. The molecule has 156 valence electrons.